The van der Waals surface area contributed by atoms with Gasteiger partial charge in [-0.25, -0.2) is 0 Å². The van der Waals surface area contributed by atoms with Crippen molar-refractivity contribution in [2.75, 3.05) is 0 Å². The molecule has 1 aliphatic carbocycles. The molecule has 0 saturated carbocycles. The molecule has 20 heavy (non-hydrogen) atoms. The summed E-state index contributed by atoms with van der Waals surface area (Å²) in [6, 6.07) is 12.6. The van der Waals surface area contributed by atoms with E-state index in [9.17, 15) is 14.9 Å². The Morgan fingerprint density at radius 1 is 0.900 bits per heavy atom. The third kappa shape index (κ3) is 2.32. The number of nitro benzene ring substituents is 1. The van der Waals surface area contributed by atoms with E-state index in [1.54, 1.807) is 12.1 Å². The number of aryl methyl sites for hydroxylation is 1. The second kappa shape index (κ2) is 4.89. The first-order chi connectivity index (χ1) is 9.63. The molecule has 2 aromatic rings. The topological polar surface area (TPSA) is 60.2 Å². The second-order valence-corrected chi connectivity index (χ2v) is 5.00. The van der Waals surface area contributed by atoms with E-state index in [-0.39, 0.29) is 5.69 Å². The zero-order valence-corrected chi connectivity index (χ0v) is 10.8. The van der Waals surface area contributed by atoms with Gasteiger partial charge in [-0.15, -0.1) is 0 Å². The van der Waals surface area contributed by atoms with Crippen molar-refractivity contribution in [2.24, 2.45) is 0 Å². The molecule has 1 aliphatic rings. The number of non-ortho nitro benzene ring substituents is 1. The number of hydrogen-bond acceptors (Lipinski definition) is 3. The third-order valence-corrected chi connectivity index (χ3v) is 3.68. The molecule has 3 rings (SSSR count). The molecule has 0 unspecified atom stereocenters. The first-order valence-electron chi connectivity index (χ1n) is 6.52. The minimum absolute atomic E-state index is 0.0947. The lowest BCUT2D eigenvalue weighted by atomic mass is 9.88. The van der Waals surface area contributed by atoms with Crippen molar-refractivity contribution in [3.8, 4) is 11.1 Å². The Balaban J connectivity index is 1.94. The molecule has 0 aliphatic heterocycles. The van der Waals surface area contributed by atoms with E-state index in [0.717, 1.165) is 23.1 Å². The Kier molecular flexibility index (Phi) is 3.06. The Morgan fingerprint density at radius 3 is 2.30 bits per heavy atom. The summed E-state index contributed by atoms with van der Waals surface area (Å²) in [5, 5.41) is 10.6. The molecule has 0 fully saturated rings. The summed E-state index contributed by atoms with van der Waals surface area (Å²) in [7, 11) is 0. The predicted octanol–water partition coefficient (Wildman–Crippen LogP) is 3.32. The normalized spacial score (nSPS) is 13.9. The summed E-state index contributed by atoms with van der Waals surface area (Å²) in [6.45, 7) is 0. The molecule has 0 atom stereocenters. The zero-order chi connectivity index (χ0) is 14.1. The quantitative estimate of drug-likeness (QED) is 0.619. The van der Waals surface area contributed by atoms with Crippen molar-refractivity contribution < 1.29 is 9.72 Å². The zero-order valence-electron chi connectivity index (χ0n) is 10.8. The summed E-state index contributed by atoms with van der Waals surface area (Å²) in [5.41, 5.74) is 4.40. The number of nitrogens with zero attached hydrogens (tertiary/aromatic N) is 1. The largest absolute Gasteiger partial charge is 0.299 e. The van der Waals surface area contributed by atoms with E-state index >= 15 is 0 Å². The van der Waals surface area contributed by atoms with Crippen LogP contribution in [0.5, 0.6) is 0 Å². The van der Waals surface area contributed by atoms with E-state index in [1.807, 2.05) is 12.1 Å². The Labute approximate surface area is 116 Å². The number of nitro groups is 1. The molecular weight excluding hydrogens is 254 g/mol. The van der Waals surface area contributed by atoms with Gasteiger partial charge in [0.25, 0.3) is 5.69 Å². The predicted molar refractivity (Wildman–Crippen MR) is 75.6 cm³/mol. The van der Waals surface area contributed by atoms with Gasteiger partial charge in [0.15, 0.2) is 0 Å². The van der Waals surface area contributed by atoms with Crippen molar-refractivity contribution in [1.29, 1.82) is 0 Å². The first-order valence-corrected chi connectivity index (χ1v) is 6.52. The van der Waals surface area contributed by atoms with Gasteiger partial charge in [0.2, 0.25) is 0 Å². The SMILES string of the molecule is O=C1CCc2cc(-c3ccc([N+](=O)[O-])cc3)ccc2C1. The molecule has 2 aromatic carbocycles. The van der Waals surface area contributed by atoms with Crippen LogP contribution in [0.4, 0.5) is 5.69 Å². The maximum atomic E-state index is 11.4. The van der Waals surface area contributed by atoms with Crippen LogP contribution in [0.2, 0.25) is 0 Å². The van der Waals surface area contributed by atoms with Crippen LogP contribution in [0.1, 0.15) is 17.5 Å². The molecule has 0 aromatic heterocycles. The number of carbonyl (C=O) groups excluding carboxylic acids is 1. The molecule has 100 valence electrons. The smallest absolute Gasteiger partial charge is 0.269 e. The molecule has 0 amide bonds. The summed E-state index contributed by atoms with van der Waals surface area (Å²) >= 11 is 0. The van der Waals surface area contributed by atoms with Gasteiger partial charge in [0.1, 0.15) is 5.78 Å². The molecule has 0 saturated heterocycles. The van der Waals surface area contributed by atoms with Gasteiger partial charge in [-0.2, -0.15) is 0 Å². The number of hydrogen-bond donors (Lipinski definition) is 0. The maximum absolute atomic E-state index is 11.4. The van der Waals surface area contributed by atoms with Crippen LogP contribution in [0.25, 0.3) is 11.1 Å². The average Bonchev–Trinajstić information content (AvgIpc) is 2.47. The number of Topliss-reactive ketones (excluding diaryl/α,β-unsaturated/α-hetero) is 1. The third-order valence-electron chi connectivity index (χ3n) is 3.68. The highest BCUT2D eigenvalue weighted by atomic mass is 16.6. The molecule has 0 bridgehead atoms. The van der Waals surface area contributed by atoms with Crippen molar-refractivity contribution in [3.05, 3.63) is 63.7 Å². The average molecular weight is 267 g/mol. The number of ketones is 1. The second-order valence-electron chi connectivity index (χ2n) is 5.00. The highest BCUT2D eigenvalue weighted by molar-refractivity contribution is 5.83. The van der Waals surface area contributed by atoms with Crippen molar-refractivity contribution in [1.82, 2.24) is 0 Å². The van der Waals surface area contributed by atoms with E-state index in [4.69, 9.17) is 0 Å². The van der Waals surface area contributed by atoms with Crippen LogP contribution in [-0.4, -0.2) is 10.7 Å². The van der Waals surface area contributed by atoms with Crippen LogP contribution < -0.4 is 0 Å². The highest BCUT2D eigenvalue weighted by Gasteiger charge is 2.16. The molecule has 0 heterocycles. The van der Waals surface area contributed by atoms with E-state index < -0.39 is 4.92 Å². The molecule has 0 N–H and O–H groups in total. The van der Waals surface area contributed by atoms with E-state index in [0.29, 0.717) is 18.6 Å². The summed E-state index contributed by atoms with van der Waals surface area (Å²) in [6.07, 6.45) is 1.92. The van der Waals surface area contributed by atoms with Crippen LogP contribution in [0.3, 0.4) is 0 Å². The van der Waals surface area contributed by atoms with Gasteiger partial charge in [-0.1, -0.05) is 18.2 Å². The number of carbonyl (C=O) groups is 1. The number of benzene rings is 2. The lowest BCUT2D eigenvalue weighted by molar-refractivity contribution is -0.384. The molecular formula is C16H13NO3. The monoisotopic (exact) mass is 267 g/mol. The highest BCUT2D eigenvalue weighted by Crippen LogP contribution is 2.27. The fourth-order valence-electron chi connectivity index (χ4n) is 2.56. The summed E-state index contributed by atoms with van der Waals surface area (Å²) in [5.74, 6) is 0.292. The maximum Gasteiger partial charge on any atom is 0.269 e. The molecule has 0 radical (unpaired) electrons. The van der Waals surface area contributed by atoms with Crippen molar-refractivity contribution in [2.45, 2.75) is 19.3 Å². The van der Waals surface area contributed by atoms with Crippen molar-refractivity contribution >= 4 is 11.5 Å². The van der Waals surface area contributed by atoms with Gasteiger partial charge in [-0.05, 0) is 40.8 Å². The van der Waals surface area contributed by atoms with Crippen LogP contribution in [0, 0.1) is 10.1 Å². The van der Waals surface area contributed by atoms with Gasteiger partial charge in [-0.3, -0.25) is 14.9 Å². The fourth-order valence-corrected chi connectivity index (χ4v) is 2.56. The lowest BCUT2D eigenvalue weighted by Gasteiger charge is -2.16. The van der Waals surface area contributed by atoms with E-state index in [1.165, 1.54) is 17.7 Å². The minimum atomic E-state index is -0.401. The van der Waals surface area contributed by atoms with Gasteiger partial charge in [0, 0.05) is 25.0 Å². The molecule has 0 spiro atoms. The standard InChI is InChI=1S/C16H13NO3/c18-16-8-5-13-9-12(1-2-14(13)10-16)11-3-6-15(7-4-11)17(19)20/h1-4,6-7,9H,5,8,10H2. The van der Waals surface area contributed by atoms with Gasteiger partial charge >= 0.3 is 0 Å². The van der Waals surface area contributed by atoms with Crippen LogP contribution in [0.15, 0.2) is 42.5 Å². The van der Waals surface area contributed by atoms with Crippen LogP contribution >= 0.6 is 0 Å². The Morgan fingerprint density at radius 2 is 1.60 bits per heavy atom. The number of fused-ring (bicyclic) bond motifs is 1. The molecule has 4 heteroatoms. The van der Waals surface area contributed by atoms with Gasteiger partial charge < -0.3 is 0 Å². The summed E-state index contributed by atoms with van der Waals surface area (Å²) in [4.78, 5) is 21.7. The molecule has 4 nitrogen and oxygen atoms in total. The lowest BCUT2D eigenvalue weighted by Crippen LogP contribution is -2.12. The van der Waals surface area contributed by atoms with Gasteiger partial charge in [0.05, 0.1) is 4.92 Å². The Hall–Kier alpha value is -2.49. The van der Waals surface area contributed by atoms with Crippen LogP contribution in [-0.2, 0) is 17.6 Å². The first kappa shape index (κ1) is 12.5. The van der Waals surface area contributed by atoms with E-state index in [2.05, 4.69) is 6.07 Å². The minimum Gasteiger partial charge on any atom is -0.299 e. The van der Waals surface area contributed by atoms with Crippen molar-refractivity contribution in [3.63, 3.8) is 0 Å². The Bertz CT molecular complexity index is 689. The summed E-state index contributed by atoms with van der Waals surface area (Å²) < 4.78 is 0. The fraction of sp³-hybridized carbons (Fsp3) is 0.188. The number of rotatable bonds is 2.